The van der Waals surface area contributed by atoms with Crippen LogP contribution in [0.15, 0.2) is 48.5 Å². The molecule has 30 heavy (non-hydrogen) atoms. The summed E-state index contributed by atoms with van der Waals surface area (Å²) in [6, 6.07) is 20.3. The van der Waals surface area contributed by atoms with Crippen LogP contribution >= 0.6 is 0 Å². The normalized spacial score (nSPS) is 12.9. The molecule has 0 saturated carbocycles. The molecule has 5 nitrogen and oxygen atoms in total. The van der Waals surface area contributed by atoms with Gasteiger partial charge < -0.3 is 9.64 Å². The Kier molecular flexibility index (Phi) is 6.35. The van der Waals surface area contributed by atoms with Crippen molar-refractivity contribution < 1.29 is 4.74 Å². The number of nitrogens with zero attached hydrogens (tertiary/aromatic N) is 4. The van der Waals surface area contributed by atoms with Crippen molar-refractivity contribution in [2.24, 2.45) is 0 Å². The van der Waals surface area contributed by atoms with E-state index >= 15 is 0 Å². The van der Waals surface area contributed by atoms with Crippen molar-refractivity contribution in [2.45, 2.75) is 32.2 Å². The van der Waals surface area contributed by atoms with Crippen LogP contribution in [0.3, 0.4) is 0 Å². The average molecular weight is 399 g/mol. The summed E-state index contributed by atoms with van der Waals surface area (Å²) in [5, 5.41) is 20.0. The van der Waals surface area contributed by atoms with Crippen LogP contribution in [0.5, 0.6) is 5.88 Å². The molecule has 0 saturated heterocycles. The molecular formula is C25H26N4O. The van der Waals surface area contributed by atoms with E-state index in [1.807, 2.05) is 56.4 Å². The molecule has 0 fully saturated rings. The van der Waals surface area contributed by atoms with Crippen LogP contribution in [0, 0.1) is 22.7 Å². The Labute approximate surface area is 178 Å². The fraction of sp³-hybridized carbons (Fsp3) is 0.320. The van der Waals surface area contributed by atoms with Gasteiger partial charge in [-0.05, 0) is 55.8 Å². The molecule has 152 valence electrons. The SMILES string of the molecule is CCc1cc2ccc([C@](C)(C#N)CN(C)Cc3ccc(C#N)cc3)cc2nc1OC. The maximum absolute atomic E-state index is 10.0. The molecule has 0 aliphatic rings. The quantitative estimate of drug-likeness (QED) is 0.582. The molecule has 1 atom stereocenters. The van der Waals surface area contributed by atoms with Crippen molar-refractivity contribution in [3.63, 3.8) is 0 Å². The zero-order chi connectivity index (χ0) is 21.7. The van der Waals surface area contributed by atoms with E-state index in [2.05, 4.69) is 35.0 Å². The van der Waals surface area contributed by atoms with Gasteiger partial charge in [-0.15, -0.1) is 0 Å². The highest BCUT2D eigenvalue weighted by molar-refractivity contribution is 5.81. The van der Waals surface area contributed by atoms with Gasteiger partial charge in [0, 0.05) is 24.0 Å². The first-order valence-electron chi connectivity index (χ1n) is 9.99. The fourth-order valence-corrected chi connectivity index (χ4v) is 3.75. The summed E-state index contributed by atoms with van der Waals surface area (Å²) in [5.74, 6) is 0.638. The second kappa shape index (κ2) is 8.95. The molecule has 2 aromatic carbocycles. The molecule has 1 heterocycles. The zero-order valence-electron chi connectivity index (χ0n) is 17.9. The first kappa shape index (κ1) is 21.3. The molecule has 0 aliphatic carbocycles. The van der Waals surface area contributed by atoms with Crippen molar-refractivity contribution in [3.8, 4) is 18.0 Å². The third-order valence-corrected chi connectivity index (χ3v) is 5.44. The number of methoxy groups -OCH3 is 1. The van der Waals surface area contributed by atoms with E-state index in [4.69, 9.17) is 10.00 Å². The topological polar surface area (TPSA) is 72.9 Å². The van der Waals surface area contributed by atoms with Gasteiger partial charge in [0.1, 0.15) is 0 Å². The van der Waals surface area contributed by atoms with E-state index in [1.54, 1.807) is 7.11 Å². The number of benzene rings is 2. The molecule has 0 bridgehead atoms. The molecule has 0 radical (unpaired) electrons. The Balaban J connectivity index is 1.86. The molecule has 3 aromatic rings. The van der Waals surface area contributed by atoms with Crippen LogP contribution < -0.4 is 4.74 Å². The van der Waals surface area contributed by atoms with Crippen molar-refractivity contribution in [2.75, 3.05) is 20.7 Å². The van der Waals surface area contributed by atoms with Crippen LogP contribution in [0.2, 0.25) is 0 Å². The number of aromatic nitrogens is 1. The zero-order valence-corrected chi connectivity index (χ0v) is 17.9. The highest BCUT2D eigenvalue weighted by atomic mass is 16.5. The van der Waals surface area contributed by atoms with Crippen LogP contribution in [0.4, 0.5) is 0 Å². The lowest BCUT2D eigenvalue weighted by atomic mass is 9.83. The van der Waals surface area contributed by atoms with Gasteiger partial charge in [-0.1, -0.05) is 31.2 Å². The van der Waals surface area contributed by atoms with E-state index in [0.717, 1.165) is 34.0 Å². The molecule has 0 aliphatic heterocycles. The first-order valence-corrected chi connectivity index (χ1v) is 9.99. The van der Waals surface area contributed by atoms with Gasteiger partial charge in [-0.25, -0.2) is 4.98 Å². The van der Waals surface area contributed by atoms with Gasteiger partial charge in [-0.2, -0.15) is 10.5 Å². The highest BCUT2D eigenvalue weighted by Gasteiger charge is 2.29. The number of fused-ring (bicyclic) bond motifs is 1. The third kappa shape index (κ3) is 4.43. The van der Waals surface area contributed by atoms with Crippen molar-refractivity contribution in [1.29, 1.82) is 10.5 Å². The van der Waals surface area contributed by atoms with E-state index < -0.39 is 5.41 Å². The number of rotatable bonds is 7. The smallest absolute Gasteiger partial charge is 0.216 e. The molecule has 0 spiro atoms. The first-order chi connectivity index (χ1) is 14.4. The van der Waals surface area contributed by atoms with E-state index in [0.29, 0.717) is 24.5 Å². The number of likely N-dealkylation sites (N-methyl/N-ethyl adjacent to an activating group) is 1. The lowest BCUT2D eigenvalue weighted by Gasteiger charge is -2.28. The number of pyridine rings is 1. The monoisotopic (exact) mass is 398 g/mol. The molecule has 0 unspecified atom stereocenters. The van der Waals surface area contributed by atoms with Crippen molar-refractivity contribution in [3.05, 3.63) is 70.8 Å². The Hall–Kier alpha value is -3.41. The van der Waals surface area contributed by atoms with Crippen molar-refractivity contribution >= 4 is 10.9 Å². The number of hydrogen-bond acceptors (Lipinski definition) is 5. The molecule has 3 rings (SSSR count). The number of ether oxygens (including phenoxy) is 1. The number of nitriles is 2. The summed E-state index contributed by atoms with van der Waals surface area (Å²) in [5.41, 5.74) is 3.90. The summed E-state index contributed by atoms with van der Waals surface area (Å²) in [6.07, 6.45) is 0.851. The maximum atomic E-state index is 10.0. The Morgan fingerprint density at radius 2 is 1.83 bits per heavy atom. The lowest BCUT2D eigenvalue weighted by molar-refractivity contribution is 0.281. The minimum Gasteiger partial charge on any atom is -0.481 e. The minimum absolute atomic E-state index is 0.569. The summed E-state index contributed by atoms with van der Waals surface area (Å²) >= 11 is 0. The molecule has 0 amide bonds. The highest BCUT2D eigenvalue weighted by Crippen LogP contribution is 2.29. The second-order valence-corrected chi connectivity index (χ2v) is 7.84. The largest absolute Gasteiger partial charge is 0.481 e. The fourth-order valence-electron chi connectivity index (χ4n) is 3.75. The Morgan fingerprint density at radius 3 is 2.43 bits per heavy atom. The lowest BCUT2D eigenvalue weighted by Crippen LogP contribution is -2.35. The maximum Gasteiger partial charge on any atom is 0.216 e. The second-order valence-electron chi connectivity index (χ2n) is 7.84. The van der Waals surface area contributed by atoms with Gasteiger partial charge in [-0.3, -0.25) is 0 Å². The van der Waals surface area contributed by atoms with E-state index in [-0.39, 0.29) is 0 Å². The third-order valence-electron chi connectivity index (χ3n) is 5.44. The van der Waals surface area contributed by atoms with E-state index in [9.17, 15) is 5.26 Å². The van der Waals surface area contributed by atoms with Gasteiger partial charge in [0.25, 0.3) is 0 Å². The molecule has 0 N–H and O–H groups in total. The Morgan fingerprint density at radius 1 is 1.10 bits per heavy atom. The standard InChI is InChI=1S/C25H26N4O/c1-5-20-12-21-10-11-22(13-23(21)28-24(20)30-4)25(2,16-27)17-29(3)15-19-8-6-18(14-26)7-9-19/h6-13H,5,15,17H2,1-4H3/t25-/m1/s1. The van der Waals surface area contributed by atoms with Gasteiger partial charge in [0.2, 0.25) is 5.88 Å². The predicted octanol–water partition coefficient (Wildman–Crippen LogP) is 4.59. The predicted molar refractivity (Wildman–Crippen MR) is 118 cm³/mol. The number of hydrogen-bond donors (Lipinski definition) is 0. The number of aryl methyl sites for hydroxylation is 1. The van der Waals surface area contributed by atoms with E-state index in [1.165, 1.54) is 0 Å². The summed E-state index contributed by atoms with van der Waals surface area (Å²) in [6.45, 7) is 5.30. The summed E-state index contributed by atoms with van der Waals surface area (Å²) in [4.78, 5) is 6.79. The average Bonchev–Trinajstić information content (AvgIpc) is 2.77. The van der Waals surface area contributed by atoms with Crippen LogP contribution in [-0.2, 0) is 18.4 Å². The van der Waals surface area contributed by atoms with Crippen molar-refractivity contribution in [1.82, 2.24) is 9.88 Å². The Bertz CT molecular complexity index is 1120. The minimum atomic E-state index is -0.687. The van der Waals surface area contributed by atoms with Gasteiger partial charge in [0.05, 0.1) is 35.7 Å². The molecular weight excluding hydrogens is 372 g/mol. The van der Waals surface area contributed by atoms with Crippen LogP contribution in [0.1, 0.15) is 36.1 Å². The summed E-state index contributed by atoms with van der Waals surface area (Å²) in [7, 11) is 3.64. The summed E-state index contributed by atoms with van der Waals surface area (Å²) < 4.78 is 5.44. The molecule has 5 heteroatoms. The molecule has 1 aromatic heterocycles. The van der Waals surface area contributed by atoms with Crippen LogP contribution in [-0.4, -0.2) is 30.6 Å². The van der Waals surface area contributed by atoms with Gasteiger partial charge >= 0.3 is 0 Å². The van der Waals surface area contributed by atoms with Crippen LogP contribution in [0.25, 0.3) is 10.9 Å². The van der Waals surface area contributed by atoms with Gasteiger partial charge in [0.15, 0.2) is 0 Å².